The van der Waals surface area contributed by atoms with Gasteiger partial charge in [0.15, 0.2) is 0 Å². The molecule has 0 radical (unpaired) electrons. The van der Waals surface area contributed by atoms with Crippen molar-refractivity contribution in [3.8, 4) is 0 Å². The van der Waals surface area contributed by atoms with Crippen LogP contribution in [0.3, 0.4) is 0 Å². The topological polar surface area (TPSA) is 118 Å². The van der Waals surface area contributed by atoms with Crippen LogP contribution < -0.4 is 0 Å². The predicted octanol–water partition coefficient (Wildman–Crippen LogP) is 1.78. The molecule has 1 rings (SSSR count). The first-order valence-corrected chi connectivity index (χ1v) is 4.82. The van der Waals surface area contributed by atoms with Crippen LogP contribution in [0.2, 0.25) is 0 Å². The molecule has 7 nitrogen and oxygen atoms in total. The minimum Gasteiger partial charge on any atom is -0.481 e. The molecule has 7 heteroatoms. The van der Waals surface area contributed by atoms with Gasteiger partial charge in [0.1, 0.15) is 0 Å². The van der Waals surface area contributed by atoms with Crippen LogP contribution in [-0.4, -0.2) is 27.1 Å². The average molecular weight is 251 g/mol. The smallest absolute Gasteiger partial charge is 0.336 e. The van der Waals surface area contributed by atoms with Crippen LogP contribution in [0.5, 0.6) is 0 Å². The minimum atomic E-state index is -1.24. The summed E-state index contributed by atoms with van der Waals surface area (Å²) in [4.78, 5) is 31.1. The van der Waals surface area contributed by atoms with Gasteiger partial charge in [-0.05, 0) is 11.6 Å². The molecule has 94 valence electrons. The van der Waals surface area contributed by atoms with Crippen molar-refractivity contribution >= 4 is 23.7 Å². The van der Waals surface area contributed by atoms with Crippen molar-refractivity contribution in [2.24, 2.45) is 0 Å². The standard InChI is InChI=1S/C11H9NO6/c13-10(14)3-1-2-7-6-8(12(17)18)4-5-9(7)11(15)16/h1-2,4-6H,3H2,(H,13,14)(H,15,16). The van der Waals surface area contributed by atoms with Crippen molar-refractivity contribution in [1.29, 1.82) is 0 Å². The molecule has 0 amide bonds. The highest BCUT2D eigenvalue weighted by Gasteiger charge is 2.13. The molecule has 18 heavy (non-hydrogen) atoms. The highest BCUT2D eigenvalue weighted by molar-refractivity contribution is 5.92. The third-order valence-electron chi connectivity index (χ3n) is 2.07. The fourth-order valence-electron chi connectivity index (χ4n) is 1.28. The second kappa shape index (κ2) is 5.58. The summed E-state index contributed by atoms with van der Waals surface area (Å²) in [6, 6.07) is 3.28. The number of carbonyl (C=O) groups is 2. The van der Waals surface area contributed by atoms with Gasteiger partial charge in [-0.3, -0.25) is 14.9 Å². The Bertz CT molecular complexity index is 534. The van der Waals surface area contributed by atoms with E-state index in [9.17, 15) is 19.7 Å². The molecular formula is C11H9NO6. The highest BCUT2D eigenvalue weighted by Crippen LogP contribution is 2.19. The number of nitrogens with zero attached hydrogens (tertiary/aromatic N) is 1. The second-order valence-corrected chi connectivity index (χ2v) is 3.33. The minimum absolute atomic E-state index is 0.0953. The number of nitro benzene ring substituents is 1. The molecule has 0 aliphatic heterocycles. The lowest BCUT2D eigenvalue weighted by molar-refractivity contribution is -0.384. The zero-order chi connectivity index (χ0) is 13.7. The lowest BCUT2D eigenvalue weighted by Gasteiger charge is -2.00. The summed E-state index contributed by atoms with van der Waals surface area (Å²) in [6.45, 7) is 0. The summed E-state index contributed by atoms with van der Waals surface area (Å²) >= 11 is 0. The first-order chi connectivity index (χ1) is 8.41. The van der Waals surface area contributed by atoms with Gasteiger partial charge in [-0.15, -0.1) is 0 Å². The van der Waals surface area contributed by atoms with E-state index in [-0.39, 0.29) is 23.2 Å². The van der Waals surface area contributed by atoms with Gasteiger partial charge in [-0.1, -0.05) is 12.2 Å². The SMILES string of the molecule is O=C(O)CC=Cc1cc([N+](=O)[O-])ccc1C(=O)O. The highest BCUT2D eigenvalue weighted by atomic mass is 16.6. The van der Waals surface area contributed by atoms with Gasteiger partial charge in [0.2, 0.25) is 0 Å². The van der Waals surface area contributed by atoms with E-state index < -0.39 is 16.9 Å². The van der Waals surface area contributed by atoms with Crippen LogP contribution in [0.25, 0.3) is 6.08 Å². The molecule has 0 spiro atoms. The number of rotatable bonds is 5. The van der Waals surface area contributed by atoms with E-state index in [1.165, 1.54) is 12.2 Å². The summed E-state index contributed by atoms with van der Waals surface area (Å²) in [5, 5.41) is 27.9. The lowest BCUT2D eigenvalue weighted by Crippen LogP contribution is -2.00. The van der Waals surface area contributed by atoms with E-state index in [0.29, 0.717) is 0 Å². The summed E-state index contributed by atoms with van der Waals surface area (Å²) in [7, 11) is 0. The van der Waals surface area contributed by atoms with Gasteiger partial charge in [-0.25, -0.2) is 4.79 Å². The summed E-state index contributed by atoms with van der Waals surface area (Å²) in [5.41, 5.74) is -0.282. The summed E-state index contributed by atoms with van der Waals surface area (Å²) < 4.78 is 0. The van der Waals surface area contributed by atoms with Crippen molar-refractivity contribution in [2.45, 2.75) is 6.42 Å². The van der Waals surface area contributed by atoms with Crippen LogP contribution in [-0.2, 0) is 4.79 Å². The molecule has 0 aromatic heterocycles. The Hall–Kier alpha value is -2.70. The number of non-ortho nitro benzene ring substituents is 1. The zero-order valence-corrected chi connectivity index (χ0v) is 9.07. The number of hydrogen-bond acceptors (Lipinski definition) is 4. The maximum Gasteiger partial charge on any atom is 0.336 e. The lowest BCUT2D eigenvalue weighted by atomic mass is 10.1. The molecule has 0 saturated carbocycles. The number of carboxylic acid groups (broad SMARTS) is 2. The Morgan fingerprint density at radius 2 is 2.00 bits per heavy atom. The van der Waals surface area contributed by atoms with E-state index in [1.54, 1.807) is 0 Å². The van der Waals surface area contributed by atoms with Gasteiger partial charge < -0.3 is 10.2 Å². The van der Waals surface area contributed by atoms with Gasteiger partial charge in [-0.2, -0.15) is 0 Å². The van der Waals surface area contributed by atoms with Gasteiger partial charge in [0.25, 0.3) is 5.69 Å². The molecule has 1 aromatic carbocycles. The Kier molecular flexibility index (Phi) is 4.14. The maximum absolute atomic E-state index is 10.9. The first kappa shape index (κ1) is 13.4. The van der Waals surface area contributed by atoms with Crippen molar-refractivity contribution in [2.75, 3.05) is 0 Å². The Morgan fingerprint density at radius 3 is 2.50 bits per heavy atom. The molecule has 0 bridgehead atoms. The fraction of sp³-hybridized carbons (Fsp3) is 0.0909. The summed E-state index contributed by atoms with van der Waals surface area (Å²) in [6.07, 6.45) is 2.18. The molecule has 0 unspecified atom stereocenters. The van der Waals surface area contributed by atoms with Crippen molar-refractivity contribution in [1.82, 2.24) is 0 Å². The van der Waals surface area contributed by atoms with Crippen LogP contribution in [0, 0.1) is 10.1 Å². The third kappa shape index (κ3) is 3.41. The number of carboxylic acids is 2. The number of aromatic carboxylic acids is 1. The monoisotopic (exact) mass is 251 g/mol. The van der Waals surface area contributed by atoms with Crippen molar-refractivity contribution in [3.05, 3.63) is 45.5 Å². The molecule has 0 aliphatic rings. The number of aliphatic carboxylic acids is 1. The van der Waals surface area contributed by atoms with Crippen LogP contribution in [0.15, 0.2) is 24.3 Å². The molecule has 0 saturated heterocycles. The number of benzene rings is 1. The zero-order valence-electron chi connectivity index (χ0n) is 9.07. The first-order valence-electron chi connectivity index (χ1n) is 4.82. The fourth-order valence-corrected chi connectivity index (χ4v) is 1.28. The van der Waals surface area contributed by atoms with Crippen LogP contribution >= 0.6 is 0 Å². The predicted molar refractivity (Wildman–Crippen MR) is 61.3 cm³/mol. The maximum atomic E-state index is 10.9. The normalized spacial score (nSPS) is 10.4. The molecule has 2 N–H and O–H groups in total. The number of hydrogen-bond donors (Lipinski definition) is 2. The third-order valence-corrected chi connectivity index (χ3v) is 2.07. The Balaban J connectivity index is 3.15. The average Bonchev–Trinajstić information content (AvgIpc) is 2.27. The largest absolute Gasteiger partial charge is 0.481 e. The number of nitro groups is 1. The van der Waals surface area contributed by atoms with E-state index >= 15 is 0 Å². The van der Waals surface area contributed by atoms with E-state index in [0.717, 1.165) is 18.2 Å². The Labute approximate surface area is 101 Å². The van der Waals surface area contributed by atoms with Gasteiger partial charge in [0.05, 0.1) is 16.9 Å². The summed E-state index contributed by atoms with van der Waals surface area (Å²) in [5.74, 6) is -2.31. The van der Waals surface area contributed by atoms with Crippen molar-refractivity contribution < 1.29 is 24.7 Å². The van der Waals surface area contributed by atoms with Crippen LogP contribution in [0.1, 0.15) is 22.3 Å². The van der Waals surface area contributed by atoms with Gasteiger partial charge in [0, 0.05) is 12.1 Å². The molecule has 0 aliphatic carbocycles. The molecular weight excluding hydrogens is 242 g/mol. The second-order valence-electron chi connectivity index (χ2n) is 3.33. The molecule has 0 heterocycles. The quantitative estimate of drug-likeness (QED) is 0.608. The van der Waals surface area contributed by atoms with E-state index in [4.69, 9.17) is 10.2 Å². The van der Waals surface area contributed by atoms with Gasteiger partial charge >= 0.3 is 11.9 Å². The van der Waals surface area contributed by atoms with Crippen molar-refractivity contribution in [3.63, 3.8) is 0 Å². The van der Waals surface area contributed by atoms with Crippen LogP contribution in [0.4, 0.5) is 5.69 Å². The van der Waals surface area contributed by atoms with E-state index in [1.807, 2.05) is 0 Å². The molecule has 0 fully saturated rings. The molecule has 1 aromatic rings. The van der Waals surface area contributed by atoms with E-state index in [2.05, 4.69) is 0 Å². The Morgan fingerprint density at radius 1 is 1.33 bits per heavy atom. The molecule has 0 atom stereocenters.